The highest BCUT2D eigenvalue weighted by atomic mass is 16.5. The van der Waals surface area contributed by atoms with Gasteiger partial charge < -0.3 is 10.5 Å². The zero-order chi connectivity index (χ0) is 12.1. The Labute approximate surface area is 96.6 Å². The number of fused-ring (bicyclic) bond motifs is 1. The Hall–Kier alpha value is -1.51. The molecule has 1 heterocycles. The van der Waals surface area contributed by atoms with Crippen LogP contribution < -0.4 is 10.5 Å². The van der Waals surface area contributed by atoms with E-state index in [9.17, 15) is 4.79 Å². The molecule has 0 bridgehead atoms. The predicted molar refractivity (Wildman–Crippen MR) is 64.4 cm³/mol. The van der Waals surface area contributed by atoms with Crippen LogP contribution in [0.3, 0.4) is 0 Å². The Bertz CT molecular complexity index is 363. The molecule has 2 rings (SSSR count). The highest BCUT2D eigenvalue weighted by Crippen LogP contribution is 2.36. The van der Waals surface area contributed by atoms with Crippen LogP contribution in [0.15, 0.2) is 24.3 Å². The van der Waals surface area contributed by atoms with Crippen LogP contribution >= 0.6 is 0 Å². The first-order valence-electron chi connectivity index (χ1n) is 5.71. The van der Waals surface area contributed by atoms with E-state index < -0.39 is 0 Å². The van der Waals surface area contributed by atoms with E-state index in [4.69, 9.17) is 10.5 Å². The average Bonchev–Trinajstić information content (AvgIpc) is 2.31. The van der Waals surface area contributed by atoms with Crippen molar-refractivity contribution >= 4 is 5.91 Å². The van der Waals surface area contributed by atoms with Gasteiger partial charge in [0.05, 0.1) is 12.5 Å². The molecular weight excluding hydrogens is 202 g/mol. The Kier molecular flexibility index (Phi) is 4.35. The number of primary amides is 1. The molecule has 2 N–H and O–H groups in total. The Morgan fingerprint density at radius 2 is 2.00 bits per heavy atom. The minimum Gasteiger partial charge on any atom is -0.493 e. The van der Waals surface area contributed by atoms with E-state index in [-0.39, 0.29) is 17.7 Å². The second kappa shape index (κ2) is 5.54. The van der Waals surface area contributed by atoms with Gasteiger partial charge in [-0.05, 0) is 6.07 Å². The SMILES string of the molecule is CC.CC1COc2ccccc2C1C(N)=O. The van der Waals surface area contributed by atoms with Gasteiger partial charge in [0.25, 0.3) is 0 Å². The molecule has 1 aliphatic rings. The highest BCUT2D eigenvalue weighted by Gasteiger charge is 2.31. The third-order valence-electron chi connectivity index (χ3n) is 2.63. The third kappa shape index (κ3) is 2.35. The summed E-state index contributed by atoms with van der Waals surface area (Å²) in [5.41, 5.74) is 6.29. The minimum absolute atomic E-state index is 0.155. The van der Waals surface area contributed by atoms with Crippen molar-refractivity contribution in [1.82, 2.24) is 0 Å². The Morgan fingerprint density at radius 1 is 1.38 bits per heavy atom. The molecule has 0 saturated carbocycles. The summed E-state index contributed by atoms with van der Waals surface area (Å²) < 4.78 is 5.51. The minimum atomic E-state index is -0.270. The predicted octanol–water partition coefficient (Wildman–Crippen LogP) is 2.31. The summed E-state index contributed by atoms with van der Waals surface area (Å²) in [6.45, 7) is 6.54. The number of hydrogen-bond donors (Lipinski definition) is 1. The fourth-order valence-corrected chi connectivity index (χ4v) is 1.93. The van der Waals surface area contributed by atoms with Gasteiger partial charge in [0.1, 0.15) is 5.75 Å². The highest BCUT2D eigenvalue weighted by molar-refractivity contribution is 5.83. The number of rotatable bonds is 1. The van der Waals surface area contributed by atoms with E-state index in [1.54, 1.807) is 0 Å². The normalized spacial score (nSPS) is 22.2. The number of para-hydroxylation sites is 1. The van der Waals surface area contributed by atoms with Gasteiger partial charge in [-0.2, -0.15) is 0 Å². The lowest BCUT2D eigenvalue weighted by Gasteiger charge is -2.29. The number of carbonyl (C=O) groups excluding carboxylic acids is 1. The molecule has 2 atom stereocenters. The number of hydrogen-bond acceptors (Lipinski definition) is 2. The first-order valence-corrected chi connectivity index (χ1v) is 5.71. The molecule has 1 aliphatic heterocycles. The second-order valence-corrected chi connectivity index (χ2v) is 3.71. The van der Waals surface area contributed by atoms with Gasteiger partial charge >= 0.3 is 0 Å². The van der Waals surface area contributed by atoms with Crippen LogP contribution in [0.4, 0.5) is 0 Å². The summed E-state index contributed by atoms with van der Waals surface area (Å²) in [4.78, 5) is 11.3. The van der Waals surface area contributed by atoms with E-state index >= 15 is 0 Å². The van der Waals surface area contributed by atoms with Gasteiger partial charge in [0.2, 0.25) is 5.91 Å². The average molecular weight is 221 g/mol. The molecule has 1 amide bonds. The summed E-state index contributed by atoms with van der Waals surface area (Å²) in [7, 11) is 0. The number of amides is 1. The van der Waals surface area contributed by atoms with Crippen molar-refractivity contribution in [1.29, 1.82) is 0 Å². The zero-order valence-electron chi connectivity index (χ0n) is 10.1. The van der Waals surface area contributed by atoms with Gasteiger partial charge in [-0.3, -0.25) is 4.79 Å². The largest absolute Gasteiger partial charge is 0.493 e. The lowest BCUT2D eigenvalue weighted by Crippen LogP contribution is -2.33. The maximum atomic E-state index is 11.3. The van der Waals surface area contributed by atoms with Crippen molar-refractivity contribution in [2.45, 2.75) is 26.7 Å². The van der Waals surface area contributed by atoms with Crippen LogP contribution in [0.1, 0.15) is 32.3 Å². The van der Waals surface area contributed by atoms with Gasteiger partial charge in [-0.1, -0.05) is 39.0 Å². The van der Waals surface area contributed by atoms with Gasteiger partial charge in [0.15, 0.2) is 0 Å². The molecule has 0 radical (unpaired) electrons. The van der Waals surface area contributed by atoms with Crippen molar-refractivity contribution < 1.29 is 9.53 Å². The van der Waals surface area contributed by atoms with Crippen molar-refractivity contribution in [3.05, 3.63) is 29.8 Å². The number of nitrogens with two attached hydrogens (primary N) is 1. The summed E-state index contributed by atoms with van der Waals surface area (Å²) in [5.74, 6) is 0.463. The quantitative estimate of drug-likeness (QED) is 0.791. The molecule has 0 aliphatic carbocycles. The van der Waals surface area contributed by atoms with Crippen molar-refractivity contribution in [2.75, 3.05) is 6.61 Å². The Balaban J connectivity index is 0.000000606. The van der Waals surface area contributed by atoms with Crippen molar-refractivity contribution in [2.24, 2.45) is 11.7 Å². The summed E-state index contributed by atoms with van der Waals surface area (Å²) in [5, 5.41) is 0. The van der Waals surface area contributed by atoms with Crippen LogP contribution in [0, 0.1) is 5.92 Å². The second-order valence-electron chi connectivity index (χ2n) is 3.71. The fraction of sp³-hybridized carbons (Fsp3) is 0.462. The molecule has 2 unspecified atom stereocenters. The van der Waals surface area contributed by atoms with Crippen LogP contribution in [-0.2, 0) is 4.79 Å². The van der Waals surface area contributed by atoms with Crippen LogP contribution in [0.5, 0.6) is 5.75 Å². The molecule has 88 valence electrons. The number of benzene rings is 1. The maximum Gasteiger partial charge on any atom is 0.225 e. The van der Waals surface area contributed by atoms with Crippen molar-refractivity contribution in [3.8, 4) is 5.75 Å². The van der Waals surface area contributed by atoms with E-state index in [1.165, 1.54) is 0 Å². The first-order chi connectivity index (χ1) is 7.70. The molecule has 0 saturated heterocycles. The fourth-order valence-electron chi connectivity index (χ4n) is 1.93. The Morgan fingerprint density at radius 3 is 2.62 bits per heavy atom. The number of carbonyl (C=O) groups is 1. The molecule has 1 aromatic rings. The standard InChI is InChI=1S/C11H13NO2.C2H6/c1-7-6-14-9-5-3-2-4-8(9)10(7)11(12)13;1-2/h2-5,7,10H,6H2,1H3,(H2,12,13);1-2H3. The monoisotopic (exact) mass is 221 g/mol. The first kappa shape index (κ1) is 12.6. The van der Waals surface area contributed by atoms with Crippen molar-refractivity contribution in [3.63, 3.8) is 0 Å². The molecule has 3 heteroatoms. The molecular formula is C13H19NO2. The summed E-state index contributed by atoms with van der Waals surface area (Å²) in [6.07, 6.45) is 0. The number of ether oxygens (including phenoxy) is 1. The summed E-state index contributed by atoms with van der Waals surface area (Å²) in [6, 6.07) is 7.57. The van der Waals surface area contributed by atoms with Gasteiger partial charge in [-0.25, -0.2) is 0 Å². The molecule has 0 spiro atoms. The molecule has 1 aromatic carbocycles. The van der Waals surface area contributed by atoms with Crippen LogP contribution in [0.2, 0.25) is 0 Å². The van der Waals surface area contributed by atoms with Gasteiger partial charge in [0, 0.05) is 11.5 Å². The molecule has 16 heavy (non-hydrogen) atoms. The van der Waals surface area contributed by atoms with E-state index in [2.05, 4.69) is 0 Å². The maximum absolute atomic E-state index is 11.3. The molecule has 0 aromatic heterocycles. The van der Waals surface area contributed by atoms with E-state index in [0.29, 0.717) is 6.61 Å². The van der Waals surface area contributed by atoms with E-state index in [0.717, 1.165) is 11.3 Å². The molecule has 3 nitrogen and oxygen atoms in total. The van der Waals surface area contributed by atoms with Crippen LogP contribution in [0.25, 0.3) is 0 Å². The van der Waals surface area contributed by atoms with Crippen LogP contribution in [-0.4, -0.2) is 12.5 Å². The van der Waals surface area contributed by atoms with E-state index in [1.807, 2.05) is 45.0 Å². The topological polar surface area (TPSA) is 52.3 Å². The smallest absolute Gasteiger partial charge is 0.225 e. The zero-order valence-corrected chi connectivity index (χ0v) is 10.1. The third-order valence-corrected chi connectivity index (χ3v) is 2.63. The lowest BCUT2D eigenvalue weighted by atomic mass is 9.85. The van der Waals surface area contributed by atoms with Gasteiger partial charge in [-0.15, -0.1) is 0 Å². The lowest BCUT2D eigenvalue weighted by molar-refractivity contribution is -0.121. The molecule has 0 fully saturated rings. The summed E-state index contributed by atoms with van der Waals surface area (Å²) >= 11 is 0.